The number of benzene rings is 2. The molecule has 1 aromatic heterocycles. The number of aromatic nitrogens is 2. The Bertz CT molecular complexity index is 915. The first-order valence-corrected chi connectivity index (χ1v) is 10.1. The number of hydrogen-bond donors (Lipinski definition) is 1. The summed E-state index contributed by atoms with van der Waals surface area (Å²) in [4.78, 5) is 12.9. The van der Waals surface area contributed by atoms with E-state index in [0.717, 1.165) is 17.5 Å². The molecule has 152 valence electrons. The summed E-state index contributed by atoms with van der Waals surface area (Å²) < 4.78 is 7.37. The molecule has 0 saturated heterocycles. The highest BCUT2D eigenvalue weighted by Crippen LogP contribution is 2.23. The van der Waals surface area contributed by atoms with Gasteiger partial charge in [-0.1, -0.05) is 60.2 Å². The standard InChI is InChI=1S/C24H29N3O2/c1-18(2)29-15-7-14-25-24(28)22-17-27(16-20-8-5-4-6-9-20)26-23(22)21-12-10-19(3)11-13-21/h4-6,8-13,17-18H,7,14-16H2,1-3H3,(H,25,28). The average Bonchev–Trinajstić information content (AvgIpc) is 3.12. The quantitative estimate of drug-likeness (QED) is 0.548. The molecule has 2 aromatic carbocycles. The molecule has 1 amide bonds. The van der Waals surface area contributed by atoms with E-state index in [0.29, 0.717) is 31.0 Å². The molecule has 0 spiro atoms. The van der Waals surface area contributed by atoms with Crippen LogP contribution in [-0.2, 0) is 11.3 Å². The van der Waals surface area contributed by atoms with Crippen molar-refractivity contribution in [3.63, 3.8) is 0 Å². The highest BCUT2D eigenvalue weighted by Gasteiger charge is 2.18. The van der Waals surface area contributed by atoms with Gasteiger partial charge in [-0.25, -0.2) is 0 Å². The zero-order valence-electron chi connectivity index (χ0n) is 17.4. The number of rotatable bonds is 9. The van der Waals surface area contributed by atoms with Gasteiger partial charge in [-0.2, -0.15) is 5.10 Å². The first-order valence-electron chi connectivity index (χ1n) is 10.1. The number of hydrogen-bond acceptors (Lipinski definition) is 3. The lowest BCUT2D eigenvalue weighted by Crippen LogP contribution is -2.25. The molecule has 0 atom stereocenters. The molecule has 5 heteroatoms. The Balaban J connectivity index is 1.77. The molecule has 0 unspecified atom stereocenters. The fraction of sp³-hybridized carbons (Fsp3) is 0.333. The van der Waals surface area contributed by atoms with Gasteiger partial charge in [0.2, 0.25) is 0 Å². The number of aryl methyl sites for hydroxylation is 1. The van der Waals surface area contributed by atoms with Crippen LogP contribution in [0.3, 0.4) is 0 Å². The monoisotopic (exact) mass is 391 g/mol. The second kappa shape index (κ2) is 10.0. The van der Waals surface area contributed by atoms with Gasteiger partial charge in [0.1, 0.15) is 5.69 Å². The van der Waals surface area contributed by atoms with Crippen molar-refractivity contribution in [1.82, 2.24) is 15.1 Å². The van der Waals surface area contributed by atoms with Gasteiger partial charge in [-0.3, -0.25) is 9.48 Å². The molecular formula is C24H29N3O2. The molecule has 3 aromatic rings. The lowest BCUT2D eigenvalue weighted by atomic mass is 10.1. The second-order valence-corrected chi connectivity index (χ2v) is 7.47. The Morgan fingerprint density at radius 2 is 1.83 bits per heavy atom. The van der Waals surface area contributed by atoms with Gasteiger partial charge in [0.15, 0.2) is 0 Å². The molecule has 1 heterocycles. The molecule has 0 aliphatic heterocycles. The normalized spacial score (nSPS) is 11.0. The SMILES string of the molecule is Cc1ccc(-c2nn(Cc3ccccc3)cc2C(=O)NCCCOC(C)C)cc1. The lowest BCUT2D eigenvalue weighted by molar-refractivity contribution is 0.0757. The maximum absolute atomic E-state index is 12.9. The highest BCUT2D eigenvalue weighted by molar-refractivity contribution is 5.99. The van der Waals surface area contributed by atoms with Crippen molar-refractivity contribution in [3.8, 4) is 11.3 Å². The van der Waals surface area contributed by atoms with Crippen molar-refractivity contribution in [2.24, 2.45) is 0 Å². The third-order valence-corrected chi connectivity index (χ3v) is 4.58. The van der Waals surface area contributed by atoms with Crippen LogP contribution in [0, 0.1) is 6.92 Å². The van der Waals surface area contributed by atoms with Crippen LogP contribution in [0.4, 0.5) is 0 Å². The molecular weight excluding hydrogens is 362 g/mol. The van der Waals surface area contributed by atoms with Gasteiger partial charge >= 0.3 is 0 Å². The van der Waals surface area contributed by atoms with E-state index in [-0.39, 0.29) is 12.0 Å². The molecule has 0 fully saturated rings. The third-order valence-electron chi connectivity index (χ3n) is 4.58. The zero-order chi connectivity index (χ0) is 20.6. The molecule has 0 bridgehead atoms. The van der Waals surface area contributed by atoms with Crippen molar-refractivity contribution < 1.29 is 9.53 Å². The second-order valence-electron chi connectivity index (χ2n) is 7.47. The maximum Gasteiger partial charge on any atom is 0.255 e. The number of carbonyl (C=O) groups is 1. The zero-order valence-corrected chi connectivity index (χ0v) is 17.4. The first-order chi connectivity index (χ1) is 14.0. The third kappa shape index (κ3) is 6.03. The fourth-order valence-corrected chi connectivity index (χ4v) is 3.05. The van der Waals surface area contributed by atoms with E-state index in [1.54, 1.807) is 0 Å². The molecule has 1 N–H and O–H groups in total. The van der Waals surface area contributed by atoms with Crippen molar-refractivity contribution >= 4 is 5.91 Å². The summed E-state index contributed by atoms with van der Waals surface area (Å²) in [5.74, 6) is -0.107. The topological polar surface area (TPSA) is 56.2 Å². The summed E-state index contributed by atoms with van der Waals surface area (Å²) in [6, 6.07) is 18.2. The lowest BCUT2D eigenvalue weighted by Gasteiger charge is -2.08. The Kier molecular flexibility index (Phi) is 7.19. The summed E-state index contributed by atoms with van der Waals surface area (Å²) in [5.41, 5.74) is 4.55. The molecule has 0 radical (unpaired) electrons. The number of nitrogens with one attached hydrogen (secondary N) is 1. The van der Waals surface area contributed by atoms with Crippen LogP contribution >= 0.6 is 0 Å². The molecule has 5 nitrogen and oxygen atoms in total. The number of ether oxygens (including phenoxy) is 1. The van der Waals surface area contributed by atoms with Crippen LogP contribution in [0.1, 0.15) is 41.8 Å². The Morgan fingerprint density at radius 1 is 1.10 bits per heavy atom. The highest BCUT2D eigenvalue weighted by atomic mass is 16.5. The number of carbonyl (C=O) groups excluding carboxylic acids is 1. The van der Waals surface area contributed by atoms with Gasteiger partial charge in [0.05, 0.1) is 18.2 Å². The van der Waals surface area contributed by atoms with E-state index in [1.165, 1.54) is 5.56 Å². The summed E-state index contributed by atoms with van der Waals surface area (Å²) in [5, 5.41) is 7.72. The number of amides is 1. The predicted octanol–water partition coefficient (Wildman–Crippen LogP) is 4.45. The van der Waals surface area contributed by atoms with Crippen LogP contribution in [0.25, 0.3) is 11.3 Å². The molecule has 0 aliphatic rings. The van der Waals surface area contributed by atoms with E-state index >= 15 is 0 Å². The van der Waals surface area contributed by atoms with Crippen LogP contribution < -0.4 is 5.32 Å². The van der Waals surface area contributed by atoms with Gasteiger partial charge in [-0.15, -0.1) is 0 Å². The smallest absolute Gasteiger partial charge is 0.255 e. The minimum absolute atomic E-state index is 0.107. The van der Waals surface area contributed by atoms with Crippen LogP contribution in [-0.4, -0.2) is 34.9 Å². The van der Waals surface area contributed by atoms with E-state index in [9.17, 15) is 4.79 Å². The van der Waals surface area contributed by atoms with E-state index in [4.69, 9.17) is 9.84 Å². The number of nitrogens with zero attached hydrogens (tertiary/aromatic N) is 2. The summed E-state index contributed by atoms with van der Waals surface area (Å²) in [6.07, 6.45) is 2.82. The Labute approximate surface area is 172 Å². The van der Waals surface area contributed by atoms with Crippen molar-refractivity contribution in [3.05, 3.63) is 77.5 Å². The maximum atomic E-state index is 12.9. The minimum Gasteiger partial charge on any atom is -0.379 e. The van der Waals surface area contributed by atoms with Crippen LogP contribution in [0.2, 0.25) is 0 Å². The molecule has 29 heavy (non-hydrogen) atoms. The molecule has 3 rings (SSSR count). The largest absolute Gasteiger partial charge is 0.379 e. The van der Waals surface area contributed by atoms with E-state index in [1.807, 2.05) is 74.1 Å². The van der Waals surface area contributed by atoms with E-state index in [2.05, 4.69) is 17.4 Å². The van der Waals surface area contributed by atoms with Crippen molar-refractivity contribution in [1.29, 1.82) is 0 Å². The Hall–Kier alpha value is -2.92. The summed E-state index contributed by atoms with van der Waals surface area (Å²) in [6.45, 7) is 7.89. The van der Waals surface area contributed by atoms with Gasteiger partial charge in [0.25, 0.3) is 5.91 Å². The first kappa shape index (κ1) is 20.8. The minimum atomic E-state index is -0.107. The van der Waals surface area contributed by atoms with Crippen molar-refractivity contribution in [2.45, 2.75) is 39.8 Å². The Morgan fingerprint density at radius 3 is 2.52 bits per heavy atom. The molecule has 0 saturated carbocycles. The van der Waals surface area contributed by atoms with E-state index < -0.39 is 0 Å². The van der Waals surface area contributed by atoms with Gasteiger partial charge in [-0.05, 0) is 32.8 Å². The van der Waals surface area contributed by atoms with Crippen LogP contribution in [0.5, 0.6) is 0 Å². The average molecular weight is 392 g/mol. The molecule has 0 aliphatic carbocycles. The summed E-state index contributed by atoms with van der Waals surface area (Å²) in [7, 11) is 0. The summed E-state index contributed by atoms with van der Waals surface area (Å²) >= 11 is 0. The van der Waals surface area contributed by atoms with Gasteiger partial charge in [0, 0.05) is 24.9 Å². The van der Waals surface area contributed by atoms with Crippen LogP contribution in [0.15, 0.2) is 60.8 Å². The predicted molar refractivity (Wildman–Crippen MR) is 116 cm³/mol. The van der Waals surface area contributed by atoms with Gasteiger partial charge < -0.3 is 10.1 Å². The van der Waals surface area contributed by atoms with Crippen molar-refractivity contribution in [2.75, 3.05) is 13.2 Å². The fourth-order valence-electron chi connectivity index (χ4n) is 3.05.